The van der Waals surface area contributed by atoms with Crippen molar-refractivity contribution in [2.45, 2.75) is 12.7 Å². The molecule has 0 bridgehead atoms. The van der Waals surface area contributed by atoms with Crippen molar-refractivity contribution in [2.75, 3.05) is 20.3 Å². The van der Waals surface area contributed by atoms with Crippen LogP contribution in [0.4, 0.5) is 0 Å². The van der Waals surface area contributed by atoms with Crippen LogP contribution in [-0.2, 0) is 15.3 Å². The van der Waals surface area contributed by atoms with Crippen LogP contribution in [0.3, 0.4) is 0 Å². The molecule has 1 aliphatic rings. The molecule has 2 aromatic rings. The smallest absolute Gasteiger partial charge is 0.201 e. The maximum atomic E-state index is 12.5. The van der Waals surface area contributed by atoms with Gasteiger partial charge in [-0.3, -0.25) is 4.79 Å². The quantitative estimate of drug-likeness (QED) is 0.828. The molecule has 0 atom stereocenters. The van der Waals surface area contributed by atoms with Crippen molar-refractivity contribution in [3.8, 4) is 5.75 Å². The van der Waals surface area contributed by atoms with Gasteiger partial charge >= 0.3 is 0 Å². The Morgan fingerprint density at radius 1 is 1.26 bits per heavy atom. The second-order valence-electron chi connectivity index (χ2n) is 4.48. The Morgan fingerprint density at radius 3 is 2.68 bits per heavy atom. The number of ether oxygens (including phenoxy) is 3. The van der Waals surface area contributed by atoms with Gasteiger partial charge in [-0.05, 0) is 19.1 Å². The standard InChI is InChI=1S/C14H14O5/c1-14(18-5-6-19-14)11-8-17-12-7-9(16-2)3-4-10(12)13(11)15/h3-4,7-8H,5-6H2,1-2H3. The fraction of sp³-hybridized carbons (Fsp3) is 0.357. The number of fused-ring (bicyclic) bond motifs is 1. The Labute approximate surface area is 109 Å². The van der Waals surface area contributed by atoms with Gasteiger partial charge in [0.2, 0.25) is 5.43 Å². The Bertz CT molecular complexity index is 667. The molecule has 1 aromatic carbocycles. The van der Waals surface area contributed by atoms with E-state index in [2.05, 4.69) is 0 Å². The first kappa shape index (κ1) is 12.2. The molecule has 1 saturated heterocycles. The molecule has 100 valence electrons. The number of hydrogen-bond acceptors (Lipinski definition) is 5. The normalized spacial score (nSPS) is 17.8. The molecule has 0 unspecified atom stereocenters. The molecule has 5 nitrogen and oxygen atoms in total. The van der Waals surface area contributed by atoms with E-state index in [0.29, 0.717) is 35.5 Å². The fourth-order valence-electron chi connectivity index (χ4n) is 2.22. The van der Waals surface area contributed by atoms with Gasteiger partial charge in [-0.2, -0.15) is 0 Å². The highest BCUT2D eigenvalue weighted by atomic mass is 16.7. The van der Waals surface area contributed by atoms with Gasteiger partial charge in [0.15, 0.2) is 5.79 Å². The van der Waals surface area contributed by atoms with Crippen LogP contribution < -0.4 is 10.2 Å². The third-order valence-electron chi connectivity index (χ3n) is 3.31. The average molecular weight is 262 g/mol. The van der Waals surface area contributed by atoms with Gasteiger partial charge in [-0.15, -0.1) is 0 Å². The summed E-state index contributed by atoms with van der Waals surface area (Å²) in [5, 5.41) is 0.485. The van der Waals surface area contributed by atoms with Gasteiger partial charge < -0.3 is 18.6 Å². The summed E-state index contributed by atoms with van der Waals surface area (Å²) in [6.07, 6.45) is 1.40. The molecule has 0 amide bonds. The van der Waals surface area contributed by atoms with Crippen LogP contribution in [0.15, 0.2) is 33.7 Å². The van der Waals surface area contributed by atoms with Gasteiger partial charge in [0.05, 0.1) is 31.3 Å². The van der Waals surface area contributed by atoms with Crippen LogP contribution in [0.2, 0.25) is 0 Å². The first-order valence-electron chi connectivity index (χ1n) is 6.02. The molecule has 0 N–H and O–H groups in total. The molecule has 3 rings (SSSR count). The van der Waals surface area contributed by atoms with Gasteiger partial charge in [0, 0.05) is 6.07 Å². The molecule has 5 heteroatoms. The Morgan fingerprint density at radius 2 is 2.00 bits per heavy atom. The van der Waals surface area contributed by atoms with Crippen molar-refractivity contribution >= 4 is 11.0 Å². The lowest BCUT2D eigenvalue weighted by Crippen LogP contribution is -2.29. The number of benzene rings is 1. The van der Waals surface area contributed by atoms with Crippen LogP contribution in [0.1, 0.15) is 12.5 Å². The summed E-state index contributed by atoms with van der Waals surface area (Å²) >= 11 is 0. The summed E-state index contributed by atoms with van der Waals surface area (Å²) < 4.78 is 21.6. The van der Waals surface area contributed by atoms with E-state index in [9.17, 15) is 4.79 Å². The molecule has 0 saturated carbocycles. The Hall–Kier alpha value is -1.85. The predicted molar refractivity (Wildman–Crippen MR) is 68.3 cm³/mol. The number of methoxy groups -OCH3 is 1. The molecule has 1 fully saturated rings. The molecular weight excluding hydrogens is 248 g/mol. The summed E-state index contributed by atoms with van der Waals surface area (Å²) in [6, 6.07) is 5.09. The summed E-state index contributed by atoms with van der Waals surface area (Å²) in [6.45, 7) is 2.66. The average Bonchev–Trinajstić information content (AvgIpc) is 2.86. The van der Waals surface area contributed by atoms with Gasteiger partial charge in [0.1, 0.15) is 17.6 Å². The molecule has 1 aliphatic heterocycles. The maximum absolute atomic E-state index is 12.5. The molecule has 0 radical (unpaired) electrons. The highest BCUT2D eigenvalue weighted by Crippen LogP contribution is 2.30. The maximum Gasteiger partial charge on any atom is 0.201 e. The zero-order valence-corrected chi connectivity index (χ0v) is 10.8. The van der Waals surface area contributed by atoms with Crippen LogP contribution in [0.5, 0.6) is 5.75 Å². The van der Waals surface area contributed by atoms with E-state index in [-0.39, 0.29) is 5.43 Å². The van der Waals surface area contributed by atoms with Crippen molar-refractivity contribution in [2.24, 2.45) is 0 Å². The van der Waals surface area contributed by atoms with Gasteiger partial charge in [0.25, 0.3) is 0 Å². The first-order chi connectivity index (χ1) is 9.14. The minimum Gasteiger partial charge on any atom is -0.497 e. The first-order valence-corrected chi connectivity index (χ1v) is 6.02. The van der Waals surface area contributed by atoms with Crippen molar-refractivity contribution in [1.29, 1.82) is 0 Å². The largest absolute Gasteiger partial charge is 0.497 e. The van der Waals surface area contributed by atoms with Crippen molar-refractivity contribution in [1.82, 2.24) is 0 Å². The second-order valence-corrected chi connectivity index (χ2v) is 4.48. The fourth-order valence-corrected chi connectivity index (χ4v) is 2.22. The minimum atomic E-state index is -1.02. The van der Waals surface area contributed by atoms with E-state index >= 15 is 0 Å². The second kappa shape index (κ2) is 4.36. The highest BCUT2D eigenvalue weighted by Gasteiger charge is 2.36. The zero-order chi connectivity index (χ0) is 13.5. The van der Waals surface area contributed by atoms with Crippen LogP contribution in [0.25, 0.3) is 11.0 Å². The zero-order valence-electron chi connectivity index (χ0n) is 10.8. The summed E-state index contributed by atoms with van der Waals surface area (Å²) in [7, 11) is 1.56. The van der Waals surface area contributed by atoms with E-state index in [1.54, 1.807) is 32.2 Å². The third kappa shape index (κ3) is 1.91. The lowest BCUT2D eigenvalue weighted by atomic mass is 10.1. The molecule has 0 aliphatic carbocycles. The van der Waals surface area contributed by atoms with Gasteiger partial charge in [-0.25, -0.2) is 0 Å². The molecule has 1 aromatic heterocycles. The number of rotatable bonds is 2. The summed E-state index contributed by atoms with van der Waals surface area (Å²) in [5.41, 5.74) is 0.714. The van der Waals surface area contributed by atoms with E-state index in [0.717, 1.165) is 0 Å². The Balaban J connectivity index is 2.19. The van der Waals surface area contributed by atoms with E-state index in [4.69, 9.17) is 18.6 Å². The summed E-state index contributed by atoms with van der Waals surface area (Å²) in [4.78, 5) is 12.5. The monoisotopic (exact) mass is 262 g/mol. The number of hydrogen-bond donors (Lipinski definition) is 0. The Kier molecular flexibility index (Phi) is 2.80. The third-order valence-corrected chi connectivity index (χ3v) is 3.31. The summed E-state index contributed by atoms with van der Waals surface area (Å²) in [5.74, 6) is -0.377. The van der Waals surface area contributed by atoms with E-state index in [1.165, 1.54) is 6.26 Å². The molecule has 19 heavy (non-hydrogen) atoms. The van der Waals surface area contributed by atoms with Crippen molar-refractivity contribution < 1.29 is 18.6 Å². The van der Waals surface area contributed by atoms with Crippen LogP contribution in [-0.4, -0.2) is 20.3 Å². The van der Waals surface area contributed by atoms with Gasteiger partial charge in [-0.1, -0.05) is 0 Å². The van der Waals surface area contributed by atoms with Crippen molar-refractivity contribution in [3.63, 3.8) is 0 Å². The lowest BCUT2D eigenvalue weighted by molar-refractivity contribution is -0.151. The molecular formula is C14H14O5. The minimum absolute atomic E-state index is 0.145. The lowest BCUT2D eigenvalue weighted by Gasteiger charge is -2.21. The van der Waals surface area contributed by atoms with Crippen LogP contribution in [0, 0.1) is 0 Å². The van der Waals surface area contributed by atoms with Crippen LogP contribution >= 0.6 is 0 Å². The highest BCUT2D eigenvalue weighted by molar-refractivity contribution is 5.78. The van der Waals surface area contributed by atoms with Crippen molar-refractivity contribution in [3.05, 3.63) is 40.2 Å². The molecule has 2 heterocycles. The predicted octanol–water partition coefficient (Wildman–Crippen LogP) is 2.02. The molecule has 0 spiro atoms. The topological polar surface area (TPSA) is 57.9 Å². The SMILES string of the molecule is COc1ccc2c(=O)c(C3(C)OCCO3)coc2c1. The van der Waals surface area contributed by atoms with E-state index in [1.807, 2.05) is 0 Å². The van der Waals surface area contributed by atoms with E-state index < -0.39 is 5.79 Å².